The van der Waals surface area contributed by atoms with Gasteiger partial charge in [0, 0.05) is 7.11 Å². The lowest BCUT2D eigenvalue weighted by molar-refractivity contribution is -0.199. The largest absolute Gasteiger partial charge is 0.500 e. The van der Waals surface area contributed by atoms with Crippen LogP contribution in [-0.4, -0.2) is 25.8 Å². The summed E-state index contributed by atoms with van der Waals surface area (Å²) in [4.78, 5) is 12.7. The molecule has 0 N–H and O–H groups in total. The molecule has 1 unspecified atom stereocenters. The number of hydrogen-bond acceptors (Lipinski definition) is 4. The molecule has 1 aliphatic rings. The van der Waals surface area contributed by atoms with E-state index in [9.17, 15) is 4.79 Å². The standard InChI is InChI=1S/C24H24O4/c1-26-23-17-24(27-2,28-18-20-11-7-4-8-12-20)16-15-21(23)22(25)14-13-19-9-5-3-6-10-19/h3-16H,17-18H2,1-2H3. The molecule has 0 spiro atoms. The molecule has 0 radical (unpaired) electrons. The van der Waals surface area contributed by atoms with Crippen LogP contribution in [0.5, 0.6) is 0 Å². The Kier molecular flexibility index (Phi) is 6.58. The number of benzene rings is 2. The molecule has 3 rings (SSSR count). The Morgan fingerprint density at radius 2 is 1.71 bits per heavy atom. The molecular weight excluding hydrogens is 352 g/mol. The predicted molar refractivity (Wildman–Crippen MR) is 109 cm³/mol. The van der Waals surface area contributed by atoms with E-state index in [1.807, 2.05) is 60.7 Å². The first-order valence-electron chi connectivity index (χ1n) is 9.13. The zero-order valence-electron chi connectivity index (χ0n) is 16.1. The Balaban J connectivity index is 1.73. The lowest BCUT2D eigenvalue weighted by atomic mass is 9.96. The van der Waals surface area contributed by atoms with Gasteiger partial charge in [0.25, 0.3) is 0 Å². The van der Waals surface area contributed by atoms with Crippen LogP contribution in [0.1, 0.15) is 17.5 Å². The fraction of sp³-hybridized carbons (Fsp3) is 0.208. The number of allylic oxidation sites excluding steroid dienone is 3. The summed E-state index contributed by atoms with van der Waals surface area (Å²) in [5.41, 5.74) is 2.52. The smallest absolute Gasteiger partial charge is 0.195 e. The Morgan fingerprint density at radius 3 is 2.36 bits per heavy atom. The molecule has 0 bridgehead atoms. The fourth-order valence-corrected chi connectivity index (χ4v) is 2.99. The van der Waals surface area contributed by atoms with Gasteiger partial charge in [-0.05, 0) is 29.4 Å². The van der Waals surface area contributed by atoms with Crippen molar-refractivity contribution in [2.24, 2.45) is 0 Å². The number of carbonyl (C=O) groups excluding carboxylic acids is 1. The van der Waals surface area contributed by atoms with Crippen molar-refractivity contribution in [3.05, 3.63) is 101 Å². The van der Waals surface area contributed by atoms with Crippen molar-refractivity contribution in [3.63, 3.8) is 0 Å². The van der Waals surface area contributed by atoms with Crippen molar-refractivity contribution in [1.82, 2.24) is 0 Å². The Labute approximate surface area is 165 Å². The summed E-state index contributed by atoms with van der Waals surface area (Å²) in [7, 11) is 3.14. The molecule has 4 heteroatoms. The first kappa shape index (κ1) is 19.8. The second-order valence-corrected chi connectivity index (χ2v) is 6.45. The Morgan fingerprint density at radius 1 is 1.04 bits per heavy atom. The highest BCUT2D eigenvalue weighted by atomic mass is 16.7. The lowest BCUT2D eigenvalue weighted by Crippen LogP contribution is -2.35. The maximum atomic E-state index is 12.7. The van der Waals surface area contributed by atoms with E-state index in [0.29, 0.717) is 24.4 Å². The van der Waals surface area contributed by atoms with Crippen molar-refractivity contribution in [2.75, 3.05) is 14.2 Å². The van der Waals surface area contributed by atoms with Crippen LogP contribution in [0.15, 0.2) is 90.2 Å². The molecule has 2 aromatic carbocycles. The van der Waals surface area contributed by atoms with Crippen molar-refractivity contribution in [1.29, 1.82) is 0 Å². The van der Waals surface area contributed by atoms with Crippen molar-refractivity contribution in [3.8, 4) is 0 Å². The van der Waals surface area contributed by atoms with E-state index < -0.39 is 5.79 Å². The van der Waals surface area contributed by atoms with Crippen LogP contribution in [0.2, 0.25) is 0 Å². The summed E-state index contributed by atoms with van der Waals surface area (Å²) >= 11 is 0. The van der Waals surface area contributed by atoms with E-state index in [0.717, 1.165) is 11.1 Å². The minimum absolute atomic E-state index is 0.121. The van der Waals surface area contributed by atoms with Gasteiger partial charge < -0.3 is 14.2 Å². The number of ketones is 1. The lowest BCUT2D eigenvalue weighted by Gasteiger charge is -2.33. The minimum Gasteiger partial charge on any atom is -0.500 e. The maximum absolute atomic E-state index is 12.7. The molecule has 1 aliphatic carbocycles. The molecule has 144 valence electrons. The number of carbonyl (C=O) groups is 1. The van der Waals surface area contributed by atoms with Gasteiger partial charge in [-0.1, -0.05) is 66.7 Å². The maximum Gasteiger partial charge on any atom is 0.195 e. The molecule has 4 nitrogen and oxygen atoms in total. The monoisotopic (exact) mass is 376 g/mol. The Hall–Kier alpha value is -2.95. The van der Waals surface area contributed by atoms with Gasteiger partial charge in [0.15, 0.2) is 11.6 Å². The molecule has 0 aromatic heterocycles. The first-order valence-corrected chi connectivity index (χ1v) is 9.13. The number of ether oxygens (including phenoxy) is 3. The molecule has 0 aliphatic heterocycles. The van der Waals surface area contributed by atoms with E-state index in [4.69, 9.17) is 14.2 Å². The van der Waals surface area contributed by atoms with Crippen molar-refractivity contribution < 1.29 is 19.0 Å². The van der Waals surface area contributed by atoms with Gasteiger partial charge in [-0.25, -0.2) is 0 Å². The van der Waals surface area contributed by atoms with Gasteiger partial charge in [0.1, 0.15) is 5.76 Å². The third kappa shape index (κ3) is 4.85. The SMILES string of the molecule is COC1=C(C(=O)C=Cc2ccccc2)C=CC(OC)(OCc2ccccc2)C1. The van der Waals surface area contributed by atoms with Gasteiger partial charge in [0.05, 0.1) is 25.7 Å². The van der Waals surface area contributed by atoms with E-state index in [1.165, 1.54) is 0 Å². The van der Waals surface area contributed by atoms with E-state index in [2.05, 4.69) is 0 Å². The molecule has 1 atom stereocenters. The van der Waals surface area contributed by atoms with Crippen LogP contribution >= 0.6 is 0 Å². The van der Waals surface area contributed by atoms with Crippen molar-refractivity contribution >= 4 is 11.9 Å². The van der Waals surface area contributed by atoms with E-state index in [1.54, 1.807) is 38.5 Å². The number of hydrogen-bond donors (Lipinski definition) is 0. The van der Waals surface area contributed by atoms with Crippen LogP contribution in [0.4, 0.5) is 0 Å². The summed E-state index contributed by atoms with van der Waals surface area (Å²) in [6.07, 6.45) is 7.17. The molecule has 0 heterocycles. The van der Waals surface area contributed by atoms with Crippen LogP contribution < -0.4 is 0 Å². The third-order valence-corrected chi connectivity index (χ3v) is 4.62. The number of methoxy groups -OCH3 is 2. The molecule has 2 aromatic rings. The Bertz CT molecular complexity index is 881. The van der Waals surface area contributed by atoms with Crippen LogP contribution in [0.25, 0.3) is 6.08 Å². The molecular formula is C24H24O4. The van der Waals surface area contributed by atoms with Gasteiger partial charge in [0.2, 0.25) is 0 Å². The predicted octanol–water partition coefficient (Wildman–Crippen LogP) is 4.69. The highest BCUT2D eigenvalue weighted by molar-refractivity contribution is 6.08. The van der Waals surface area contributed by atoms with Gasteiger partial charge in [-0.3, -0.25) is 4.79 Å². The number of rotatable bonds is 8. The topological polar surface area (TPSA) is 44.8 Å². The molecule has 0 saturated carbocycles. The summed E-state index contributed by atoms with van der Waals surface area (Å²) in [6, 6.07) is 19.6. The molecule has 0 fully saturated rings. The summed E-state index contributed by atoms with van der Waals surface area (Å²) < 4.78 is 17.2. The van der Waals surface area contributed by atoms with Crippen LogP contribution in [0, 0.1) is 0 Å². The average Bonchev–Trinajstić information content (AvgIpc) is 2.77. The zero-order chi connectivity index (χ0) is 19.8. The fourth-order valence-electron chi connectivity index (χ4n) is 2.99. The second kappa shape index (κ2) is 9.31. The normalized spacial score (nSPS) is 19.2. The molecule has 28 heavy (non-hydrogen) atoms. The quantitative estimate of drug-likeness (QED) is 0.495. The van der Waals surface area contributed by atoms with Crippen molar-refractivity contribution in [2.45, 2.75) is 18.8 Å². The van der Waals surface area contributed by atoms with E-state index >= 15 is 0 Å². The first-order chi connectivity index (χ1) is 13.7. The van der Waals surface area contributed by atoms with Crippen LogP contribution in [0.3, 0.4) is 0 Å². The van der Waals surface area contributed by atoms with Gasteiger partial charge in [-0.15, -0.1) is 0 Å². The highest BCUT2D eigenvalue weighted by Crippen LogP contribution is 2.32. The summed E-state index contributed by atoms with van der Waals surface area (Å²) in [6.45, 7) is 0.396. The zero-order valence-corrected chi connectivity index (χ0v) is 16.1. The minimum atomic E-state index is -0.964. The third-order valence-electron chi connectivity index (χ3n) is 4.62. The molecule has 0 amide bonds. The second-order valence-electron chi connectivity index (χ2n) is 6.45. The average molecular weight is 376 g/mol. The van der Waals surface area contributed by atoms with Crippen LogP contribution in [-0.2, 0) is 25.6 Å². The highest BCUT2D eigenvalue weighted by Gasteiger charge is 2.35. The van der Waals surface area contributed by atoms with Gasteiger partial charge in [-0.2, -0.15) is 0 Å². The van der Waals surface area contributed by atoms with Gasteiger partial charge >= 0.3 is 0 Å². The summed E-state index contributed by atoms with van der Waals surface area (Å²) in [5, 5.41) is 0. The van der Waals surface area contributed by atoms with E-state index in [-0.39, 0.29) is 5.78 Å². The molecule has 0 saturated heterocycles. The summed E-state index contributed by atoms with van der Waals surface area (Å²) in [5.74, 6) is -0.543.